The summed E-state index contributed by atoms with van der Waals surface area (Å²) in [5.74, 6) is 0. The topological polar surface area (TPSA) is 4.93 Å². The Labute approximate surface area is 150 Å². The van der Waals surface area contributed by atoms with Gasteiger partial charge in [-0.05, 0) is 32.1 Å². The van der Waals surface area contributed by atoms with Crippen LogP contribution in [0, 0.1) is 5.41 Å². The Balaban J connectivity index is 2.55. The van der Waals surface area contributed by atoms with Gasteiger partial charge in [0.15, 0.2) is 0 Å². The number of fused-ring (bicyclic) bond motifs is 1. The molecule has 0 aliphatic heterocycles. The van der Waals surface area contributed by atoms with E-state index in [1.54, 1.807) is 0 Å². The number of para-hydroxylation sites is 1. The van der Waals surface area contributed by atoms with E-state index in [0.29, 0.717) is 0 Å². The minimum atomic E-state index is -0.0185. The van der Waals surface area contributed by atoms with Crippen LogP contribution in [-0.2, 0) is 0 Å². The summed E-state index contributed by atoms with van der Waals surface area (Å²) < 4.78 is 2.32. The van der Waals surface area contributed by atoms with Gasteiger partial charge in [-0.25, -0.2) is 0 Å². The SMILES string of the molecule is C=C/C=c1/c2c(n(-c3ccccc3)/c1=C/C)C(C)=C=CC(C)(C)/C=C\2. The second kappa shape index (κ2) is 6.63. The van der Waals surface area contributed by atoms with Gasteiger partial charge in [0.1, 0.15) is 0 Å². The summed E-state index contributed by atoms with van der Waals surface area (Å²) >= 11 is 0. The van der Waals surface area contributed by atoms with Crippen molar-refractivity contribution in [2.24, 2.45) is 5.41 Å². The van der Waals surface area contributed by atoms with Gasteiger partial charge in [0, 0.05) is 32.8 Å². The van der Waals surface area contributed by atoms with Crippen LogP contribution in [0.3, 0.4) is 0 Å². The van der Waals surface area contributed by atoms with Crippen molar-refractivity contribution in [1.29, 1.82) is 0 Å². The molecule has 1 nitrogen and oxygen atoms in total. The maximum absolute atomic E-state index is 3.92. The first-order valence-corrected chi connectivity index (χ1v) is 8.72. The average Bonchev–Trinajstić information content (AvgIpc) is 2.91. The third kappa shape index (κ3) is 3.12. The Morgan fingerprint density at radius 1 is 1.16 bits per heavy atom. The van der Waals surface area contributed by atoms with Crippen molar-refractivity contribution in [3.8, 4) is 5.69 Å². The number of hydrogen-bond donors (Lipinski definition) is 0. The molecule has 1 aliphatic carbocycles. The highest BCUT2D eigenvalue weighted by Crippen LogP contribution is 2.27. The van der Waals surface area contributed by atoms with Crippen LogP contribution < -0.4 is 10.6 Å². The first kappa shape index (κ1) is 17.1. The quantitative estimate of drug-likeness (QED) is 0.695. The van der Waals surface area contributed by atoms with Crippen LogP contribution in [0.25, 0.3) is 29.5 Å². The molecule has 2 aromatic rings. The van der Waals surface area contributed by atoms with Crippen molar-refractivity contribution < 1.29 is 0 Å². The molecule has 126 valence electrons. The van der Waals surface area contributed by atoms with Gasteiger partial charge in [-0.15, -0.1) is 5.73 Å². The van der Waals surface area contributed by atoms with Crippen molar-refractivity contribution in [2.75, 3.05) is 0 Å². The number of hydrogen-bond acceptors (Lipinski definition) is 0. The first-order valence-electron chi connectivity index (χ1n) is 8.72. The van der Waals surface area contributed by atoms with Gasteiger partial charge in [0.25, 0.3) is 0 Å². The van der Waals surface area contributed by atoms with E-state index in [9.17, 15) is 0 Å². The van der Waals surface area contributed by atoms with E-state index in [1.165, 1.54) is 21.8 Å². The van der Waals surface area contributed by atoms with Gasteiger partial charge in [-0.3, -0.25) is 0 Å². The lowest BCUT2D eigenvalue weighted by molar-refractivity contribution is 0.630. The number of benzene rings is 1. The van der Waals surface area contributed by atoms with E-state index in [-0.39, 0.29) is 5.41 Å². The molecule has 0 saturated heterocycles. The van der Waals surface area contributed by atoms with E-state index in [2.05, 4.69) is 99.2 Å². The number of aromatic nitrogens is 1. The molecule has 0 fully saturated rings. The Bertz CT molecular complexity index is 1020. The van der Waals surface area contributed by atoms with Crippen LogP contribution in [0.4, 0.5) is 0 Å². The average molecular weight is 327 g/mol. The van der Waals surface area contributed by atoms with Crippen LogP contribution in [0.1, 0.15) is 39.0 Å². The van der Waals surface area contributed by atoms with Crippen molar-refractivity contribution in [1.82, 2.24) is 4.57 Å². The fourth-order valence-electron chi connectivity index (χ4n) is 3.30. The molecule has 0 saturated carbocycles. The van der Waals surface area contributed by atoms with E-state index >= 15 is 0 Å². The van der Waals surface area contributed by atoms with Crippen LogP contribution in [0.15, 0.2) is 60.9 Å². The predicted octanol–water partition coefficient (Wildman–Crippen LogP) is 4.86. The maximum Gasteiger partial charge on any atom is 0.0646 e. The van der Waals surface area contributed by atoms with Gasteiger partial charge in [-0.2, -0.15) is 0 Å². The molecule has 0 N–H and O–H groups in total. The van der Waals surface area contributed by atoms with Crippen LogP contribution in [0.2, 0.25) is 0 Å². The fourth-order valence-corrected chi connectivity index (χ4v) is 3.30. The summed E-state index contributed by atoms with van der Waals surface area (Å²) in [6, 6.07) is 10.5. The zero-order chi connectivity index (χ0) is 18.0. The summed E-state index contributed by atoms with van der Waals surface area (Å²) in [5.41, 5.74) is 8.21. The monoisotopic (exact) mass is 327 g/mol. The van der Waals surface area contributed by atoms with Gasteiger partial charge in [-0.1, -0.05) is 69.0 Å². The Kier molecular flexibility index (Phi) is 4.53. The molecule has 1 heterocycles. The summed E-state index contributed by atoms with van der Waals surface area (Å²) in [6.45, 7) is 12.6. The molecule has 1 aliphatic rings. The Morgan fingerprint density at radius 3 is 2.52 bits per heavy atom. The maximum atomic E-state index is 3.92. The molecule has 3 rings (SSSR count). The molecule has 0 unspecified atom stereocenters. The second-order valence-corrected chi connectivity index (χ2v) is 6.99. The van der Waals surface area contributed by atoms with E-state index in [0.717, 1.165) is 11.3 Å². The lowest BCUT2D eigenvalue weighted by Gasteiger charge is -2.16. The molecule has 1 aromatic carbocycles. The summed E-state index contributed by atoms with van der Waals surface area (Å²) in [5, 5.41) is 2.38. The number of rotatable bonds is 2. The molecule has 0 atom stereocenters. The van der Waals surface area contributed by atoms with E-state index in [1.807, 2.05) is 12.1 Å². The van der Waals surface area contributed by atoms with Gasteiger partial charge in [0.05, 0.1) is 5.69 Å². The van der Waals surface area contributed by atoms with Crippen molar-refractivity contribution in [2.45, 2.75) is 27.7 Å². The van der Waals surface area contributed by atoms with Gasteiger partial charge >= 0.3 is 0 Å². The zero-order valence-corrected chi connectivity index (χ0v) is 15.5. The van der Waals surface area contributed by atoms with E-state index in [4.69, 9.17) is 0 Å². The molecular formula is C24H25N. The molecular weight excluding hydrogens is 302 g/mol. The Morgan fingerprint density at radius 2 is 1.88 bits per heavy atom. The van der Waals surface area contributed by atoms with E-state index < -0.39 is 0 Å². The third-order valence-corrected chi connectivity index (χ3v) is 4.55. The molecule has 0 radical (unpaired) electrons. The fraction of sp³-hybridized carbons (Fsp3) is 0.208. The van der Waals surface area contributed by atoms with Crippen molar-refractivity contribution in [3.05, 3.63) is 82.7 Å². The van der Waals surface area contributed by atoms with Crippen molar-refractivity contribution >= 4 is 23.8 Å². The van der Waals surface area contributed by atoms with Crippen LogP contribution in [-0.4, -0.2) is 4.57 Å². The Hall–Kier alpha value is -2.76. The zero-order valence-electron chi connectivity index (χ0n) is 15.5. The predicted molar refractivity (Wildman–Crippen MR) is 110 cm³/mol. The molecule has 1 heteroatoms. The minimum Gasteiger partial charge on any atom is -0.309 e. The molecule has 0 spiro atoms. The van der Waals surface area contributed by atoms with Gasteiger partial charge < -0.3 is 4.57 Å². The van der Waals surface area contributed by atoms with Crippen LogP contribution >= 0.6 is 0 Å². The van der Waals surface area contributed by atoms with Crippen LogP contribution in [0.5, 0.6) is 0 Å². The highest BCUT2D eigenvalue weighted by molar-refractivity contribution is 5.75. The van der Waals surface area contributed by atoms with Gasteiger partial charge in [0.2, 0.25) is 0 Å². The summed E-state index contributed by atoms with van der Waals surface area (Å²) in [7, 11) is 0. The minimum absolute atomic E-state index is 0.0185. The van der Waals surface area contributed by atoms with Crippen molar-refractivity contribution in [3.63, 3.8) is 0 Å². The molecule has 0 amide bonds. The highest BCUT2D eigenvalue weighted by atomic mass is 15.0. The lowest BCUT2D eigenvalue weighted by Crippen LogP contribution is -2.28. The normalized spacial score (nSPS) is 18.3. The summed E-state index contributed by atoms with van der Waals surface area (Å²) in [4.78, 5) is 0. The molecule has 25 heavy (non-hydrogen) atoms. The number of nitrogens with zero attached hydrogens (tertiary/aromatic N) is 1. The standard InChI is InChI=1S/C24H25N/c1-6-11-20-21-15-17-24(4,5)16-14-18(3)23(21)25(22(20)7-2)19-12-9-8-10-13-19/h6-13,15-17H,1H2,2-5H3/b17-15-,20-11-,22-7+. The second-order valence-electron chi connectivity index (χ2n) is 6.99. The largest absolute Gasteiger partial charge is 0.309 e. The molecule has 1 aromatic heterocycles. The lowest BCUT2D eigenvalue weighted by atomic mass is 9.89. The highest BCUT2D eigenvalue weighted by Gasteiger charge is 2.18. The summed E-state index contributed by atoms with van der Waals surface area (Å²) in [6.07, 6.45) is 12.8. The number of allylic oxidation sites excluding steroid dienone is 3. The molecule has 0 bridgehead atoms. The first-order chi connectivity index (χ1) is 12.0. The third-order valence-electron chi connectivity index (χ3n) is 4.55. The smallest absolute Gasteiger partial charge is 0.0646 e.